The molecule has 1 unspecified atom stereocenters. The highest BCUT2D eigenvalue weighted by Gasteiger charge is 2.13. The van der Waals surface area contributed by atoms with Gasteiger partial charge >= 0.3 is 5.97 Å². The van der Waals surface area contributed by atoms with Crippen LogP contribution in [0.15, 0.2) is 18.3 Å². The molecule has 0 aliphatic rings. The smallest absolute Gasteiger partial charge is 0.315 e. The number of carbonyl (C=O) groups is 2. The summed E-state index contributed by atoms with van der Waals surface area (Å²) in [6, 6.07) is 2.91. The maximum absolute atomic E-state index is 11.4. The van der Waals surface area contributed by atoms with E-state index in [4.69, 9.17) is 10.5 Å². The summed E-state index contributed by atoms with van der Waals surface area (Å²) in [4.78, 5) is 26.0. The molecule has 0 aromatic carbocycles. The van der Waals surface area contributed by atoms with Crippen LogP contribution in [-0.2, 0) is 4.79 Å². The molecule has 0 aliphatic heterocycles. The van der Waals surface area contributed by atoms with Gasteiger partial charge in [0.05, 0.1) is 11.5 Å². The monoisotopic (exact) mass is 222 g/mol. The van der Waals surface area contributed by atoms with E-state index in [0.29, 0.717) is 6.42 Å². The third-order valence-electron chi connectivity index (χ3n) is 2.24. The lowest BCUT2D eigenvalue weighted by Crippen LogP contribution is -2.18. The Balaban J connectivity index is 2.69. The lowest BCUT2D eigenvalue weighted by atomic mass is 10.1. The van der Waals surface area contributed by atoms with E-state index in [0.717, 1.165) is 0 Å². The average molecular weight is 222 g/mol. The number of amides is 1. The molecule has 1 amide bonds. The normalized spacial score (nSPS) is 11.9. The van der Waals surface area contributed by atoms with Crippen LogP contribution in [-0.4, -0.2) is 16.9 Å². The maximum atomic E-state index is 11.4. The van der Waals surface area contributed by atoms with Crippen molar-refractivity contribution in [3.63, 3.8) is 0 Å². The first-order valence-corrected chi connectivity index (χ1v) is 5.02. The van der Waals surface area contributed by atoms with E-state index in [1.54, 1.807) is 6.92 Å². The summed E-state index contributed by atoms with van der Waals surface area (Å²) in [5, 5.41) is 0. The topological polar surface area (TPSA) is 82.3 Å². The van der Waals surface area contributed by atoms with Crippen molar-refractivity contribution in [1.29, 1.82) is 0 Å². The molecule has 1 heterocycles. The lowest BCUT2D eigenvalue weighted by Gasteiger charge is -2.07. The minimum atomic E-state index is -0.563. The molecule has 2 N–H and O–H groups in total. The fourth-order valence-electron chi connectivity index (χ4n) is 0.957. The van der Waals surface area contributed by atoms with Crippen LogP contribution in [0.3, 0.4) is 0 Å². The number of aromatic nitrogens is 1. The molecule has 1 aromatic heterocycles. The number of ether oxygens (including phenoxy) is 1. The van der Waals surface area contributed by atoms with Crippen molar-refractivity contribution in [2.75, 3.05) is 0 Å². The highest BCUT2D eigenvalue weighted by Crippen LogP contribution is 2.11. The van der Waals surface area contributed by atoms with Crippen molar-refractivity contribution in [3.05, 3.63) is 23.9 Å². The van der Waals surface area contributed by atoms with Crippen molar-refractivity contribution in [2.45, 2.75) is 20.3 Å². The summed E-state index contributed by atoms with van der Waals surface area (Å²) < 4.78 is 5.00. The van der Waals surface area contributed by atoms with Crippen LogP contribution >= 0.6 is 0 Å². The van der Waals surface area contributed by atoms with Crippen LogP contribution in [0.25, 0.3) is 0 Å². The third-order valence-corrected chi connectivity index (χ3v) is 2.24. The van der Waals surface area contributed by atoms with Gasteiger partial charge in [-0.3, -0.25) is 9.59 Å². The van der Waals surface area contributed by atoms with Crippen molar-refractivity contribution in [1.82, 2.24) is 4.98 Å². The number of rotatable bonds is 4. The molecule has 5 nitrogen and oxygen atoms in total. The predicted molar refractivity (Wildman–Crippen MR) is 57.8 cm³/mol. The van der Waals surface area contributed by atoms with Gasteiger partial charge in [0.25, 0.3) is 0 Å². The van der Waals surface area contributed by atoms with Gasteiger partial charge in [0.2, 0.25) is 11.8 Å². The highest BCUT2D eigenvalue weighted by molar-refractivity contribution is 5.92. The molecule has 0 fully saturated rings. The van der Waals surface area contributed by atoms with Crippen molar-refractivity contribution in [2.24, 2.45) is 11.7 Å². The van der Waals surface area contributed by atoms with Gasteiger partial charge < -0.3 is 10.5 Å². The number of primary amides is 1. The Hall–Kier alpha value is -1.91. The minimum absolute atomic E-state index is 0.169. The molecule has 0 radical (unpaired) electrons. The molecule has 0 aliphatic carbocycles. The molecule has 16 heavy (non-hydrogen) atoms. The molecule has 0 saturated heterocycles. The van der Waals surface area contributed by atoms with Crippen LogP contribution < -0.4 is 10.5 Å². The summed E-state index contributed by atoms with van der Waals surface area (Å²) >= 11 is 0. The molecule has 1 aromatic rings. The molecule has 0 bridgehead atoms. The first kappa shape index (κ1) is 12.2. The van der Waals surface area contributed by atoms with Gasteiger partial charge in [-0.2, -0.15) is 0 Å². The largest absolute Gasteiger partial charge is 0.407 e. The Morgan fingerprint density at radius 2 is 2.19 bits per heavy atom. The summed E-state index contributed by atoms with van der Waals surface area (Å²) in [5.41, 5.74) is 5.33. The third kappa shape index (κ3) is 3.05. The molecular weight excluding hydrogens is 208 g/mol. The van der Waals surface area contributed by atoms with Gasteiger partial charge in [0.1, 0.15) is 0 Å². The van der Waals surface area contributed by atoms with E-state index in [2.05, 4.69) is 4.98 Å². The number of nitrogens with zero attached hydrogens (tertiary/aromatic N) is 1. The van der Waals surface area contributed by atoms with Gasteiger partial charge in [0.15, 0.2) is 0 Å². The van der Waals surface area contributed by atoms with Gasteiger partial charge in [-0.15, -0.1) is 0 Å². The minimum Gasteiger partial charge on any atom is -0.407 e. The fraction of sp³-hybridized carbons (Fsp3) is 0.364. The Morgan fingerprint density at radius 3 is 2.62 bits per heavy atom. The molecule has 5 heteroatoms. The SMILES string of the molecule is CCC(C)C(=O)Oc1ccc(C(N)=O)cn1. The van der Waals surface area contributed by atoms with E-state index in [-0.39, 0.29) is 23.3 Å². The quantitative estimate of drug-likeness (QED) is 0.774. The standard InChI is InChI=1S/C11H14N2O3/c1-3-7(2)11(15)16-9-5-4-8(6-13-9)10(12)14/h4-7H,3H2,1-2H3,(H2,12,14). The van der Waals surface area contributed by atoms with Crippen LogP contribution in [0.5, 0.6) is 5.88 Å². The number of hydrogen-bond donors (Lipinski definition) is 1. The fourth-order valence-corrected chi connectivity index (χ4v) is 0.957. The van der Waals surface area contributed by atoms with Crippen LogP contribution in [0.1, 0.15) is 30.6 Å². The summed E-state index contributed by atoms with van der Waals surface area (Å²) in [6.07, 6.45) is 1.99. The van der Waals surface area contributed by atoms with E-state index in [9.17, 15) is 9.59 Å². The highest BCUT2D eigenvalue weighted by atomic mass is 16.5. The first-order chi connectivity index (χ1) is 7.54. The number of pyridine rings is 1. The zero-order valence-corrected chi connectivity index (χ0v) is 9.27. The second-order valence-corrected chi connectivity index (χ2v) is 3.48. The maximum Gasteiger partial charge on any atom is 0.315 e. The van der Waals surface area contributed by atoms with Gasteiger partial charge in [-0.05, 0) is 12.5 Å². The second kappa shape index (κ2) is 5.25. The van der Waals surface area contributed by atoms with Crippen LogP contribution in [0.2, 0.25) is 0 Å². The van der Waals surface area contributed by atoms with Crippen LogP contribution in [0, 0.1) is 5.92 Å². The summed E-state index contributed by atoms with van der Waals surface area (Å²) in [7, 11) is 0. The van der Waals surface area contributed by atoms with Crippen LogP contribution in [0.4, 0.5) is 0 Å². The summed E-state index contributed by atoms with van der Waals surface area (Å²) in [6.45, 7) is 3.68. The molecule has 0 saturated carbocycles. The van der Waals surface area contributed by atoms with Gasteiger partial charge in [-0.25, -0.2) is 4.98 Å². The predicted octanol–water partition coefficient (Wildman–Crippen LogP) is 1.13. The van der Waals surface area contributed by atoms with Gasteiger partial charge in [0, 0.05) is 12.3 Å². The molecular formula is C11H14N2O3. The average Bonchev–Trinajstić information content (AvgIpc) is 2.28. The van der Waals surface area contributed by atoms with E-state index in [1.165, 1.54) is 18.3 Å². The van der Waals surface area contributed by atoms with E-state index >= 15 is 0 Å². The van der Waals surface area contributed by atoms with Crippen molar-refractivity contribution < 1.29 is 14.3 Å². The van der Waals surface area contributed by atoms with Crippen molar-refractivity contribution >= 4 is 11.9 Å². The zero-order valence-electron chi connectivity index (χ0n) is 9.27. The second-order valence-electron chi connectivity index (χ2n) is 3.48. The molecule has 0 spiro atoms. The molecule has 86 valence electrons. The molecule has 1 atom stereocenters. The Bertz CT molecular complexity index is 387. The summed E-state index contributed by atoms with van der Waals surface area (Å²) in [5.74, 6) is -0.887. The zero-order chi connectivity index (χ0) is 12.1. The Kier molecular flexibility index (Phi) is 3.99. The number of esters is 1. The Morgan fingerprint density at radius 1 is 1.50 bits per heavy atom. The lowest BCUT2D eigenvalue weighted by molar-refractivity contribution is -0.138. The number of carbonyl (C=O) groups excluding carboxylic acids is 2. The number of nitrogens with two attached hydrogens (primary N) is 1. The van der Waals surface area contributed by atoms with E-state index in [1.807, 2.05) is 6.92 Å². The first-order valence-electron chi connectivity index (χ1n) is 5.02. The van der Waals surface area contributed by atoms with Gasteiger partial charge in [-0.1, -0.05) is 13.8 Å². The van der Waals surface area contributed by atoms with Crippen molar-refractivity contribution in [3.8, 4) is 5.88 Å². The molecule has 1 rings (SSSR count). The Labute approximate surface area is 93.6 Å². The van der Waals surface area contributed by atoms with E-state index < -0.39 is 5.91 Å². The number of hydrogen-bond acceptors (Lipinski definition) is 4.